The third-order valence-electron chi connectivity index (χ3n) is 3.67. The normalized spacial score (nSPS) is 10.9. The van der Waals surface area contributed by atoms with Gasteiger partial charge in [-0.15, -0.1) is 0 Å². The summed E-state index contributed by atoms with van der Waals surface area (Å²) in [6.07, 6.45) is 4.64. The van der Waals surface area contributed by atoms with E-state index in [4.69, 9.17) is 16.9 Å². The predicted octanol–water partition coefficient (Wildman–Crippen LogP) is 3.14. The second-order valence-electron chi connectivity index (χ2n) is 5.15. The molecule has 0 saturated heterocycles. The summed E-state index contributed by atoms with van der Waals surface area (Å²) in [6, 6.07) is 9.97. The van der Waals surface area contributed by atoms with Crippen molar-refractivity contribution >= 4 is 22.5 Å². The molecule has 2 aromatic heterocycles. The summed E-state index contributed by atoms with van der Waals surface area (Å²) in [7, 11) is 0. The number of unbranched alkanes of at least 4 members (excludes halogenated alkanes) is 1. The average molecular weight is 315 g/mol. The molecule has 5 nitrogen and oxygen atoms in total. The number of fused-ring (bicyclic) bond motifs is 1. The highest BCUT2D eigenvalue weighted by atomic mass is 35.5. The third kappa shape index (κ3) is 2.78. The second kappa shape index (κ2) is 6.12. The Bertz CT molecular complexity index is 897. The van der Waals surface area contributed by atoms with Crippen LogP contribution in [0.1, 0.15) is 18.5 Å². The van der Waals surface area contributed by atoms with Crippen LogP contribution in [0.4, 0.5) is 0 Å². The zero-order valence-electron chi connectivity index (χ0n) is 11.9. The molecular weight excluding hydrogens is 300 g/mol. The van der Waals surface area contributed by atoms with Crippen LogP contribution in [0.15, 0.2) is 41.5 Å². The highest BCUT2D eigenvalue weighted by Crippen LogP contribution is 2.24. The maximum Gasteiger partial charge on any atom is 0.325 e. The maximum atomic E-state index is 11.7. The lowest BCUT2D eigenvalue weighted by Crippen LogP contribution is -2.18. The molecule has 0 aliphatic carbocycles. The first kappa shape index (κ1) is 14.5. The monoisotopic (exact) mass is 314 g/mol. The van der Waals surface area contributed by atoms with E-state index in [-0.39, 0.29) is 5.69 Å². The summed E-state index contributed by atoms with van der Waals surface area (Å²) < 4.78 is 3.78. The highest BCUT2D eigenvalue weighted by molar-refractivity contribution is 6.31. The van der Waals surface area contributed by atoms with Crippen LogP contribution in [0, 0.1) is 11.3 Å². The lowest BCUT2D eigenvalue weighted by Gasteiger charge is -2.10. The fourth-order valence-corrected chi connectivity index (χ4v) is 2.84. The summed E-state index contributed by atoms with van der Waals surface area (Å²) in [6.45, 7) is 1.23. The predicted molar refractivity (Wildman–Crippen MR) is 85.9 cm³/mol. The van der Waals surface area contributed by atoms with E-state index < -0.39 is 0 Å². The molecular formula is C16H15ClN4O. The molecule has 3 rings (SSSR count). The molecule has 1 N–H and O–H groups in total. The number of hydrogen-bond acceptors (Lipinski definition) is 2. The highest BCUT2D eigenvalue weighted by Gasteiger charge is 2.10. The molecule has 22 heavy (non-hydrogen) atoms. The molecule has 0 atom stereocenters. The van der Waals surface area contributed by atoms with E-state index in [0.717, 1.165) is 29.6 Å². The van der Waals surface area contributed by atoms with Gasteiger partial charge in [-0.05, 0) is 30.7 Å². The van der Waals surface area contributed by atoms with Gasteiger partial charge in [-0.2, -0.15) is 5.26 Å². The molecule has 3 aromatic rings. The van der Waals surface area contributed by atoms with Gasteiger partial charge < -0.3 is 9.55 Å². The molecule has 0 aliphatic heterocycles. The van der Waals surface area contributed by atoms with E-state index in [1.54, 1.807) is 17.0 Å². The van der Waals surface area contributed by atoms with Gasteiger partial charge in [0.2, 0.25) is 0 Å². The molecule has 1 aromatic carbocycles. The fourth-order valence-electron chi connectivity index (χ4n) is 2.66. The van der Waals surface area contributed by atoms with Gasteiger partial charge in [0.1, 0.15) is 0 Å². The standard InChI is InChI=1S/C16H15ClN4O/c17-13-3-4-15-12(9-13)10-14(21(15)7-2-1-5-18)11-20-8-6-19-16(20)22/h3-4,6,8-10H,1-2,7,11H2,(H,19,22). The van der Waals surface area contributed by atoms with Crippen LogP contribution in [0.5, 0.6) is 0 Å². The summed E-state index contributed by atoms with van der Waals surface area (Å²) in [4.78, 5) is 14.3. The smallest absolute Gasteiger partial charge is 0.325 e. The molecule has 0 unspecified atom stereocenters. The van der Waals surface area contributed by atoms with E-state index >= 15 is 0 Å². The van der Waals surface area contributed by atoms with E-state index in [2.05, 4.69) is 15.6 Å². The molecule has 0 aliphatic rings. The molecule has 0 radical (unpaired) electrons. The number of aromatic nitrogens is 3. The SMILES string of the molecule is N#CCCCn1c(Cn2cc[nH]c2=O)cc2cc(Cl)ccc21. The summed E-state index contributed by atoms with van der Waals surface area (Å²) in [5.74, 6) is 0. The van der Waals surface area contributed by atoms with Gasteiger partial charge in [-0.3, -0.25) is 4.57 Å². The number of imidazole rings is 1. The first-order valence-corrected chi connectivity index (χ1v) is 7.45. The van der Waals surface area contributed by atoms with Crippen molar-refractivity contribution in [2.45, 2.75) is 25.9 Å². The van der Waals surface area contributed by atoms with Crippen LogP contribution < -0.4 is 5.69 Å². The number of nitriles is 1. The summed E-state index contributed by atoms with van der Waals surface area (Å²) >= 11 is 6.06. The Morgan fingerprint density at radius 1 is 1.32 bits per heavy atom. The largest absolute Gasteiger partial charge is 0.343 e. The van der Waals surface area contributed by atoms with Crippen LogP contribution in [0.2, 0.25) is 5.02 Å². The lowest BCUT2D eigenvalue weighted by atomic mass is 10.2. The molecule has 2 heterocycles. The van der Waals surface area contributed by atoms with Gasteiger partial charge in [-0.1, -0.05) is 11.6 Å². The minimum Gasteiger partial charge on any atom is -0.343 e. The van der Waals surface area contributed by atoms with Gasteiger partial charge in [0.25, 0.3) is 0 Å². The zero-order chi connectivity index (χ0) is 15.5. The van der Waals surface area contributed by atoms with Crippen LogP contribution in [0.3, 0.4) is 0 Å². The molecule has 6 heteroatoms. The van der Waals surface area contributed by atoms with E-state index in [1.165, 1.54) is 0 Å². The van der Waals surface area contributed by atoms with Crippen LogP contribution in [-0.2, 0) is 13.1 Å². The van der Waals surface area contributed by atoms with Crippen molar-refractivity contribution in [2.75, 3.05) is 0 Å². The third-order valence-corrected chi connectivity index (χ3v) is 3.91. The Labute approximate surface area is 132 Å². The molecule has 0 amide bonds. The Morgan fingerprint density at radius 3 is 2.91 bits per heavy atom. The van der Waals surface area contributed by atoms with Gasteiger partial charge >= 0.3 is 5.69 Å². The quantitative estimate of drug-likeness (QED) is 0.735. The molecule has 112 valence electrons. The Kier molecular flexibility index (Phi) is 4.03. The zero-order valence-corrected chi connectivity index (χ0v) is 12.7. The van der Waals surface area contributed by atoms with E-state index in [1.807, 2.05) is 24.3 Å². The van der Waals surface area contributed by atoms with Crippen molar-refractivity contribution in [3.63, 3.8) is 0 Å². The Morgan fingerprint density at radius 2 is 2.18 bits per heavy atom. The van der Waals surface area contributed by atoms with Gasteiger partial charge in [-0.25, -0.2) is 4.79 Å². The van der Waals surface area contributed by atoms with Crippen molar-refractivity contribution in [1.29, 1.82) is 5.26 Å². The van der Waals surface area contributed by atoms with Crippen LogP contribution in [-0.4, -0.2) is 14.1 Å². The minimum absolute atomic E-state index is 0.133. The van der Waals surface area contributed by atoms with Crippen molar-refractivity contribution in [2.24, 2.45) is 0 Å². The maximum absolute atomic E-state index is 11.7. The van der Waals surface area contributed by atoms with Gasteiger partial charge in [0.15, 0.2) is 0 Å². The minimum atomic E-state index is -0.133. The Hall–Kier alpha value is -2.45. The van der Waals surface area contributed by atoms with Crippen molar-refractivity contribution in [3.8, 4) is 6.07 Å². The number of nitrogens with one attached hydrogen (secondary N) is 1. The number of aromatic amines is 1. The van der Waals surface area contributed by atoms with Crippen LogP contribution in [0.25, 0.3) is 10.9 Å². The average Bonchev–Trinajstić information content (AvgIpc) is 3.04. The summed E-state index contributed by atoms with van der Waals surface area (Å²) in [5, 5.41) is 10.5. The van der Waals surface area contributed by atoms with Crippen molar-refractivity contribution in [3.05, 3.63) is 57.9 Å². The van der Waals surface area contributed by atoms with Gasteiger partial charge in [0.05, 0.1) is 12.6 Å². The second-order valence-corrected chi connectivity index (χ2v) is 5.58. The van der Waals surface area contributed by atoms with Crippen molar-refractivity contribution < 1.29 is 0 Å². The lowest BCUT2D eigenvalue weighted by molar-refractivity contribution is 0.619. The number of benzene rings is 1. The van der Waals surface area contributed by atoms with E-state index in [0.29, 0.717) is 18.0 Å². The first-order valence-electron chi connectivity index (χ1n) is 7.07. The molecule has 0 fully saturated rings. The van der Waals surface area contributed by atoms with E-state index in [9.17, 15) is 4.79 Å². The molecule has 0 spiro atoms. The number of halogens is 1. The fraction of sp³-hybridized carbons (Fsp3) is 0.250. The number of H-pyrrole nitrogens is 1. The summed E-state index contributed by atoms with van der Waals surface area (Å²) in [5.41, 5.74) is 1.96. The Balaban J connectivity index is 2.03. The first-order chi connectivity index (χ1) is 10.7. The number of rotatable bonds is 5. The topological polar surface area (TPSA) is 66.5 Å². The van der Waals surface area contributed by atoms with Crippen LogP contribution >= 0.6 is 11.6 Å². The number of aryl methyl sites for hydroxylation is 1. The molecule has 0 bridgehead atoms. The van der Waals surface area contributed by atoms with Crippen molar-refractivity contribution in [1.82, 2.24) is 14.1 Å². The number of hydrogen-bond donors (Lipinski definition) is 1. The number of nitrogens with zero attached hydrogens (tertiary/aromatic N) is 3. The van der Waals surface area contributed by atoms with Gasteiger partial charge in [0, 0.05) is 47.0 Å². The molecule has 0 saturated carbocycles.